The van der Waals surface area contributed by atoms with Crippen molar-refractivity contribution >= 4 is 5.97 Å². The highest BCUT2D eigenvalue weighted by atomic mass is 19.1. The van der Waals surface area contributed by atoms with Gasteiger partial charge in [-0.25, -0.2) is 13.6 Å². The van der Waals surface area contributed by atoms with E-state index in [4.69, 9.17) is 5.11 Å². The molecule has 2 N–H and O–H groups in total. The van der Waals surface area contributed by atoms with Crippen molar-refractivity contribution in [3.8, 4) is 0 Å². The number of benzene rings is 2. The molecule has 2 aromatic carbocycles. The molecule has 0 fully saturated rings. The summed E-state index contributed by atoms with van der Waals surface area (Å²) in [7, 11) is 0. The van der Waals surface area contributed by atoms with Crippen LogP contribution in [0.2, 0.25) is 0 Å². The SMILES string of the molecule is O=C(O)c1ccc(CNCc2cccc(F)c2)cc1F. The van der Waals surface area contributed by atoms with Crippen LogP contribution in [-0.2, 0) is 13.1 Å². The molecule has 2 aromatic rings. The molecule has 104 valence electrons. The van der Waals surface area contributed by atoms with Gasteiger partial charge in [-0.1, -0.05) is 18.2 Å². The van der Waals surface area contributed by atoms with Crippen LogP contribution in [0.15, 0.2) is 42.5 Å². The molecule has 0 bridgehead atoms. The first kappa shape index (κ1) is 14.1. The van der Waals surface area contributed by atoms with Crippen molar-refractivity contribution in [1.29, 1.82) is 0 Å². The molecule has 0 atom stereocenters. The summed E-state index contributed by atoms with van der Waals surface area (Å²) < 4.78 is 26.4. The summed E-state index contributed by atoms with van der Waals surface area (Å²) in [5.74, 6) is -2.36. The van der Waals surface area contributed by atoms with Crippen molar-refractivity contribution in [2.45, 2.75) is 13.1 Å². The zero-order chi connectivity index (χ0) is 14.5. The Balaban J connectivity index is 1.94. The van der Waals surface area contributed by atoms with Gasteiger partial charge in [-0.3, -0.25) is 0 Å². The summed E-state index contributed by atoms with van der Waals surface area (Å²) in [6, 6.07) is 10.1. The first-order valence-electron chi connectivity index (χ1n) is 6.03. The number of carboxylic acid groups (broad SMARTS) is 1. The van der Waals surface area contributed by atoms with Crippen molar-refractivity contribution < 1.29 is 18.7 Å². The third kappa shape index (κ3) is 3.61. The molecule has 0 unspecified atom stereocenters. The Bertz CT molecular complexity index is 629. The van der Waals surface area contributed by atoms with E-state index in [9.17, 15) is 13.6 Å². The summed E-state index contributed by atoms with van der Waals surface area (Å²) in [5.41, 5.74) is 1.07. The fourth-order valence-electron chi connectivity index (χ4n) is 1.84. The Morgan fingerprint density at radius 3 is 2.35 bits per heavy atom. The number of carbonyl (C=O) groups is 1. The van der Waals surface area contributed by atoms with Crippen LogP contribution in [-0.4, -0.2) is 11.1 Å². The minimum Gasteiger partial charge on any atom is -0.478 e. The lowest BCUT2D eigenvalue weighted by Gasteiger charge is -2.06. The smallest absolute Gasteiger partial charge is 0.338 e. The maximum atomic E-state index is 13.4. The molecule has 0 aromatic heterocycles. The zero-order valence-electron chi connectivity index (χ0n) is 10.6. The highest BCUT2D eigenvalue weighted by Gasteiger charge is 2.09. The van der Waals surface area contributed by atoms with E-state index in [-0.39, 0.29) is 11.4 Å². The maximum Gasteiger partial charge on any atom is 0.338 e. The van der Waals surface area contributed by atoms with Crippen LogP contribution < -0.4 is 5.32 Å². The van der Waals surface area contributed by atoms with E-state index < -0.39 is 11.8 Å². The lowest BCUT2D eigenvalue weighted by Crippen LogP contribution is -2.13. The minimum absolute atomic E-state index is 0.304. The second-order valence-corrected chi connectivity index (χ2v) is 4.35. The number of hydrogen-bond donors (Lipinski definition) is 2. The van der Waals surface area contributed by atoms with E-state index in [0.29, 0.717) is 18.7 Å². The summed E-state index contributed by atoms with van der Waals surface area (Å²) in [6.45, 7) is 0.813. The summed E-state index contributed by atoms with van der Waals surface area (Å²) in [6.07, 6.45) is 0. The topological polar surface area (TPSA) is 49.3 Å². The first-order valence-corrected chi connectivity index (χ1v) is 6.03. The number of carboxylic acids is 1. The summed E-state index contributed by atoms with van der Waals surface area (Å²) in [4.78, 5) is 10.7. The Hall–Kier alpha value is -2.27. The highest BCUT2D eigenvalue weighted by Crippen LogP contribution is 2.11. The van der Waals surface area contributed by atoms with Gasteiger partial charge in [0.1, 0.15) is 11.6 Å². The fourth-order valence-corrected chi connectivity index (χ4v) is 1.84. The monoisotopic (exact) mass is 277 g/mol. The molecule has 0 amide bonds. The molecule has 0 radical (unpaired) electrons. The molecule has 0 saturated carbocycles. The molecule has 5 heteroatoms. The number of halogens is 2. The van der Waals surface area contributed by atoms with Gasteiger partial charge in [0.05, 0.1) is 5.56 Å². The molecule has 0 heterocycles. The van der Waals surface area contributed by atoms with Crippen LogP contribution >= 0.6 is 0 Å². The van der Waals surface area contributed by atoms with Crippen molar-refractivity contribution in [1.82, 2.24) is 5.32 Å². The highest BCUT2D eigenvalue weighted by molar-refractivity contribution is 5.87. The average Bonchev–Trinajstić information content (AvgIpc) is 2.38. The van der Waals surface area contributed by atoms with Gasteiger partial charge in [-0.2, -0.15) is 0 Å². The fraction of sp³-hybridized carbons (Fsp3) is 0.133. The van der Waals surface area contributed by atoms with Gasteiger partial charge in [-0.15, -0.1) is 0 Å². The molecule has 0 saturated heterocycles. The van der Waals surface area contributed by atoms with Gasteiger partial charge >= 0.3 is 5.97 Å². The lowest BCUT2D eigenvalue weighted by atomic mass is 10.1. The van der Waals surface area contributed by atoms with Gasteiger partial charge in [0.15, 0.2) is 0 Å². The third-order valence-electron chi connectivity index (χ3n) is 2.81. The number of aromatic carboxylic acids is 1. The number of rotatable bonds is 5. The molecule has 3 nitrogen and oxygen atoms in total. The van der Waals surface area contributed by atoms with Crippen molar-refractivity contribution in [3.05, 3.63) is 70.8 Å². The molecule has 0 aliphatic heterocycles. The van der Waals surface area contributed by atoms with Gasteiger partial charge in [0, 0.05) is 13.1 Å². The normalized spacial score (nSPS) is 10.5. The molecule has 0 aliphatic rings. The van der Waals surface area contributed by atoms with E-state index in [1.807, 2.05) is 0 Å². The molecular weight excluding hydrogens is 264 g/mol. The van der Waals surface area contributed by atoms with Gasteiger partial charge in [-0.05, 0) is 35.4 Å². The second-order valence-electron chi connectivity index (χ2n) is 4.35. The summed E-state index contributed by atoms with van der Waals surface area (Å²) in [5, 5.41) is 11.8. The van der Waals surface area contributed by atoms with Gasteiger partial charge < -0.3 is 10.4 Å². The van der Waals surface area contributed by atoms with Crippen LogP contribution in [0.5, 0.6) is 0 Å². The Kier molecular flexibility index (Phi) is 4.42. The molecular formula is C15H13F2NO2. The maximum absolute atomic E-state index is 13.4. The predicted octanol–water partition coefficient (Wildman–Crippen LogP) is 2.95. The van der Waals surface area contributed by atoms with Crippen molar-refractivity contribution in [2.75, 3.05) is 0 Å². The Morgan fingerprint density at radius 1 is 1.05 bits per heavy atom. The summed E-state index contributed by atoms with van der Waals surface area (Å²) >= 11 is 0. The van der Waals surface area contributed by atoms with Crippen LogP contribution in [0.3, 0.4) is 0 Å². The predicted molar refractivity (Wildman–Crippen MR) is 70.3 cm³/mol. The van der Waals surface area contributed by atoms with E-state index in [0.717, 1.165) is 5.56 Å². The Labute approximate surface area is 114 Å². The standard InChI is InChI=1S/C15H13F2NO2/c16-12-3-1-2-10(6-12)8-18-9-11-4-5-13(15(19)20)14(17)7-11/h1-7,18H,8-9H2,(H,19,20). The van der Waals surface area contributed by atoms with Gasteiger partial charge in [0.25, 0.3) is 0 Å². The first-order chi connectivity index (χ1) is 9.56. The molecule has 20 heavy (non-hydrogen) atoms. The van der Waals surface area contributed by atoms with Crippen LogP contribution in [0.25, 0.3) is 0 Å². The number of hydrogen-bond acceptors (Lipinski definition) is 2. The quantitative estimate of drug-likeness (QED) is 0.883. The molecule has 2 rings (SSSR count). The minimum atomic E-state index is -1.29. The molecule has 0 aliphatic carbocycles. The Morgan fingerprint density at radius 2 is 1.75 bits per heavy atom. The lowest BCUT2D eigenvalue weighted by molar-refractivity contribution is 0.0692. The van der Waals surface area contributed by atoms with E-state index in [2.05, 4.69) is 5.32 Å². The zero-order valence-corrected chi connectivity index (χ0v) is 10.6. The van der Waals surface area contributed by atoms with Crippen LogP contribution in [0, 0.1) is 11.6 Å². The second kappa shape index (κ2) is 6.25. The van der Waals surface area contributed by atoms with Crippen LogP contribution in [0.4, 0.5) is 8.78 Å². The van der Waals surface area contributed by atoms with E-state index in [1.54, 1.807) is 18.2 Å². The van der Waals surface area contributed by atoms with Crippen molar-refractivity contribution in [3.63, 3.8) is 0 Å². The van der Waals surface area contributed by atoms with Crippen molar-refractivity contribution in [2.24, 2.45) is 0 Å². The van der Waals surface area contributed by atoms with E-state index in [1.165, 1.54) is 24.3 Å². The van der Waals surface area contributed by atoms with E-state index >= 15 is 0 Å². The average molecular weight is 277 g/mol. The van der Waals surface area contributed by atoms with Gasteiger partial charge in [0.2, 0.25) is 0 Å². The van der Waals surface area contributed by atoms with Crippen LogP contribution in [0.1, 0.15) is 21.5 Å². The largest absolute Gasteiger partial charge is 0.478 e. The third-order valence-corrected chi connectivity index (χ3v) is 2.81. The molecule has 0 spiro atoms. The number of nitrogens with one attached hydrogen (secondary N) is 1.